The minimum absolute atomic E-state index is 0.0702. The first-order valence-electron chi connectivity index (χ1n) is 11.8. The van der Waals surface area contributed by atoms with Crippen LogP contribution in [0.4, 0.5) is 4.79 Å². The van der Waals surface area contributed by atoms with Crippen LogP contribution in [0.25, 0.3) is 0 Å². The van der Waals surface area contributed by atoms with Crippen LogP contribution < -0.4 is 5.32 Å². The normalized spacial score (nSPS) is 38.3. The summed E-state index contributed by atoms with van der Waals surface area (Å²) >= 11 is 1.88. The average Bonchev–Trinajstić information content (AvgIpc) is 2.77. The van der Waals surface area contributed by atoms with Crippen LogP contribution in [0, 0.1) is 22.7 Å². The van der Waals surface area contributed by atoms with E-state index in [2.05, 4.69) is 12.2 Å². The molecule has 0 aromatic carbocycles. The molecular formula is C23H40N2O5S. The molecule has 8 heteroatoms. The average molecular weight is 457 g/mol. The summed E-state index contributed by atoms with van der Waals surface area (Å²) in [5, 5.41) is 24.2. The number of aliphatic hydroxyl groups is 2. The van der Waals surface area contributed by atoms with Crippen LogP contribution in [-0.2, 0) is 9.53 Å². The lowest BCUT2D eigenvalue weighted by atomic mass is 9.46. The number of amides is 2. The van der Waals surface area contributed by atoms with Crippen molar-refractivity contribution in [2.45, 2.75) is 71.5 Å². The minimum Gasteiger partial charge on any atom is -0.446 e. The number of fused-ring (bicyclic) bond motifs is 1. The zero-order valence-corrected chi connectivity index (χ0v) is 20.1. The van der Waals surface area contributed by atoms with E-state index in [0.29, 0.717) is 25.8 Å². The molecule has 3 fully saturated rings. The Hall–Kier alpha value is -0.990. The summed E-state index contributed by atoms with van der Waals surface area (Å²) in [6, 6.07) is 0. The lowest BCUT2D eigenvalue weighted by Crippen LogP contribution is -2.61. The van der Waals surface area contributed by atoms with Crippen molar-refractivity contribution in [3.8, 4) is 0 Å². The van der Waals surface area contributed by atoms with Crippen LogP contribution >= 0.6 is 11.8 Å². The molecule has 1 aliphatic heterocycles. The van der Waals surface area contributed by atoms with Gasteiger partial charge < -0.3 is 25.2 Å². The highest BCUT2D eigenvalue weighted by atomic mass is 32.2. The summed E-state index contributed by atoms with van der Waals surface area (Å²) in [5.74, 6) is 2.00. The van der Waals surface area contributed by atoms with E-state index in [-0.39, 0.29) is 35.9 Å². The molecule has 3 N–H and O–H groups in total. The molecule has 0 spiro atoms. The summed E-state index contributed by atoms with van der Waals surface area (Å²) in [6.45, 7) is 8.21. The molecule has 7 nitrogen and oxygen atoms in total. The molecule has 0 aromatic rings. The van der Waals surface area contributed by atoms with Gasteiger partial charge in [0.15, 0.2) is 0 Å². The quantitative estimate of drug-likeness (QED) is 0.568. The van der Waals surface area contributed by atoms with Crippen LogP contribution in [0.3, 0.4) is 0 Å². The highest BCUT2D eigenvalue weighted by molar-refractivity contribution is 7.99. The van der Waals surface area contributed by atoms with Crippen molar-refractivity contribution in [1.29, 1.82) is 0 Å². The second-order valence-electron chi connectivity index (χ2n) is 10.0. The minimum atomic E-state index is -0.597. The fraction of sp³-hybridized carbons (Fsp3) is 0.913. The Balaban J connectivity index is 1.77. The van der Waals surface area contributed by atoms with E-state index in [1.807, 2.05) is 30.5 Å². The van der Waals surface area contributed by atoms with Crippen molar-refractivity contribution in [3.63, 3.8) is 0 Å². The third kappa shape index (κ3) is 5.01. The Morgan fingerprint density at radius 3 is 2.55 bits per heavy atom. The van der Waals surface area contributed by atoms with Gasteiger partial charge in [-0.1, -0.05) is 20.8 Å². The highest BCUT2D eigenvalue weighted by Crippen LogP contribution is 2.61. The van der Waals surface area contributed by atoms with Crippen LogP contribution in [0.1, 0.15) is 59.3 Å². The summed E-state index contributed by atoms with van der Waals surface area (Å²) < 4.78 is 5.78. The van der Waals surface area contributed by atoms with E-state index < -0.39 is 17.6 Å². The first-order chi connectivity index (χ1) is 14.8. The van der Waals surface area contributed by atoms with Gasteiger partial charge in [-0.05, 0) is 49.4 Å². The molecule has 1 saturated heterocycles. The Kier molecular flexibility index (Phi) is 8.19. The van der Waals surface area contributed by atoms with Crippen LogP contribution in [0.5, 0.6) is 0 Å². The molecule has 2 saturated carbocycles. The number of ether oxygens (including phenoxy) is 1. The first-order valence-corrected chi connectivity index (χ1v) is 13.0. The topological polar surface area (TPSA) is 99.1 Å². The van der Waals surface area contributed by atoms with E-state index in [4.69, 9.17) is 4.74 Å². The van der Waals surface area contributed by atoms with Gasteiger partial charge in [-0.15, -0.1) is 0 Å². The second-order valence-corrected chi connectivity index (χ2v) is 11.3. The Morgan fingerprint density at radius 1 is 1.19 bits per heavy atom. The molecule has 3 aliphatic rings. The first kappa shape index (κ1) is 24.6. The van der Waals surface area contributed by atoms with Crippen LogP contribution in [0.2, 0.25) is 0 Å². The molecule has 31 heavy (non-hydrogen) atoms. The number of hydrogen-bond acceptors (Lipinski definition) is 6. The maximum atomic E-state index is 13.0. The van der Waals surface area contributed by atoms with Gasteiger partial charge in [0.1, 0.15) is 6.10 Å². The number of aliphatic hydroxyl groups excluding tert-OH is 2. The molecule has 6 unspecified atom stereocenters. The third-order valence-electron chi connectivity index (χ3n) is 8.20. The van der Waals surface area contributed by atoms with Crippen molar-refractivity contribution in [2.75, 3.05) is 37.7 Å². The lowest BCUT2D eigenvalue weighted by Gasteiger charge is -2.60. The highest BCUT2D eigenvalue weighted by Gasteiger charge is 2.60. The number of alkyl carbamates (subject to hydrolysis) is 1. The van der Waals surface area contributed by atoms with Gasteiger partial charge in [0.25, 0.3) is 0 Å². The maximum absolute atomic E-state index is 13.0. The van der Waals surface area contributed by atoms with E-state index in [0.717, 1.165) is 43.9 Å². The molecule has 0 aromatic heterocycles. The van der Waals surface area contributed by atoms with Gasteiger partial charge in [0.05, 0.1) is 12.7 Å². The number of nitrogens with one attached hydrogen (secondary N) is 1. The summed E-state index contributed by atoms with van der Waals surface area (Å²) in [4.78, 5) is 27.2. The zero-order chi connectivity index (χ0) is 22.6. The van der Waals surface area contributed by atoms with Gasteiger partial charge in [0.2, 0.25) is 5.91 Å². The maximum Gasteiger partial charge on any atom is 0.407 e. The van der Waals surface area contributed by atoms with Crippen molar-refractivity contribution < 1.29 is 24.5 Å². The monoisotopic (exact) mass is 456 g/mol. The fourth-order valence-corrected chi connectivity index (χ4v) is 7.21. The summed E-state index contributed by atoms with van der Waals surface area (Å²) in [6.07, 6.45) is 2.63. The molecule has 2 amide bonds. The van der Waals surface area contributed by atoms with E-state index in [9.17, 15) is 19.8 Å². The molecule has 1 heterocycles. The fourth-order valence-electron chi connectivity index (χ4n) is 6.31. The van der Waals surface area contributed by atoms with Crippen molar-refractivity contribution in [1.82, 2.24) is 10.2 Å². The molecule has 0 radical (unpaired) electrons. The second kappa shape index (κ2) is 10.3. The van der Waals surface area contributed by atoms with E-state index in [1.54, 1.807) is 0 Å². The number of nitrogens with zero attached hydrogens (tertiary/aromatic N) is 1. The van der Waals surface area contributed by atoms with E-state index in [1.165, 1.54) is 0 Å². The predicted octanol–water partition coefficient (Wildman–Crippen LogP) is 2.64. The Bertz CT molecular complexity index is 643. The molecule has 0 bridgehead atoms. The van der Waals surface area contributed by atoms with Gasteiger partial charge in [-0.3, -0.25) is 4.79 Å². The standard InChI is InChI=1S/C23H40N2O5S/c1-4-9-24-21(29)30-19-7-8-22(2)16(14-20(28)25-10-12-31-13-11-25)17(27)5-6-18(22)23(19,3)15-26/h16-19,26-27H,4-15H2,1-3H3,(H,24,29). The van der Waals surface area contributed by atoms with Crippen molar-refractivity contribution >= 4 is 23.8 Å². The molecule has 3 rings (SSSR count). The SMILES string of the molecule is CCCNC(=O)OC1CCC2(C)C(CC(=O)N3CCSCC3)C(O)CCC2C1(C)CO. The summed E-state index contributed by atoms with van der Waals surface area (Å²) in [5.41, 5.74) is -0.880. The van der Waals surface area contributed by atoms with Gasteiger partial charge >= 0.3 is 6.09 Å². The third-order valence-corrected chi connectivity index (χ3v) is 9.15. The number of carbonyl (C=O) groups is 2. The summed E-state index contributed by atoms with van der Waals surface area (Å²) in [7, 11) is 0. The van der Waals surface area contributed by atoms with Gasteiger partial charge in [0, 0.05) is 43.0 Å². The number of carbonyl (C=O) groups excluding carboxylic acids is 2. The van der Waals surface area contributed by atoms with Gasteiger partial charge in [-0.25, -0.2) is 4.79 Å². The number of rotatable bonds is 6. The number of hydrogen-bond donors (Lipinski definition) is 3. The number of thioether (sulfide) groups is 1. The molecule has 6 atom stereocenters. The van der Waals surface area contributed by atoms with E-state index >= 15 is 0 Å². The van der Waals surface area contributed by atoms with Gasteiger partial charge in [-0.2, -0.15) is 11.8 Å². The smallest absolute Gasteiger partial charge is 0.407 e. The van der Waals surface area contributed by atoms with Crippen LogP contribution in [-0.4, -0.2) is 77.1 Å². The van der Waals surface area contributed by atoms with Crippen molar-refractivity contribution in [2.24, 2.45) is 22.7 Å². The lowest BCUT2D eigenvalue weighted by molar-refractivity contribution is -0.187. The Morgan fingerprint density at radius 2 is 1.90 bits per heavy atom. The zero-order valence-electron chi connectivity index (χ0n) is 19.3. The molecule has 2 aliphatic carbocycles. The largest absolute Gasteiger partial charge is 0.446 e. The van der Waals surface area contributed by atoms with Crippen molar-refractivity contribution in [3.05, 3.63) is 0 Å². The Labute approximate surface area is 190 Å². The predicted molar refractivity (Wildman–Crippen MR) is 122 cm³/mol. The molecular weight excluding hydrogens is 416 g/mol. The molecule has 178 valence electrons. The van der Waals surface area contributed by atoms with Crippen LogP contribution in [0.15, 0.2) is 0 Å².